The molecule has 2 heterocycles. The Labute approximate surface area is 182 Å². The molecule has 1 aromatic rings. The zero-order valence-corrected chi connectivity index (χ0v) is 19.8. The van der Waals surface area contributed by atoms with Gasteiger partial charge < -0.3 is 9.64 Å². The lowest BCUT2D eigenvalue weighted by molar-refractivity contribution is -0.0261. The molecule has 2 bridgehead atoms. The minimum absolute atomic E-state index is 0.0172. The van der Waals surface area contributed by atoms with Gasteiger partial charge in [0, 0.05) is 23.6 Å². The number of carbonyl (C=O) groups is 2. The van der Waals surface area contributed by atoms with Gasteiger partial charge in [-0.15, -0.1) is 0 Å². The van der Waals surface area contributed by atoms with Gasteiger partial charge in [-0.25, -0.2) is 4.79 Å². The maximum atomic E-state index is 13.9. The molecule has 2 saturated heterocycles. The summed E-state index contributed by atoms with van der Waals surface area (Å²) >= 11 is 0. The van der Waals surface area contributed by atoms with E-state index in [2.05, 4.69) is 45.9 Å². The number of fused-ring (bicyclic) bond motifs is 2. The number of piperidine rings is 2. The molecule has 1 amide bonds. The van der Waals surface area contributed by atoms with Gasteiger partial charge in [0.1, 0.15) is 5.60 Å². The lowest BCUT2D eigenvalue weighted by Crippen LogP contribution is -2.56. The Hall–Kier alpha value is -1.84. The van der Waals surface area contributed by atoms with Gasteiger partial charge in [-0.3, -0.25) is 4.79 Å². The molecule has 2 atom stereocenters. The van der Waals surface area contributed by atoms with Gasteiger partial charge in [-0.1, -0.05) is 45.9 Å². The predicted octanol–water partition coefficient (Wildman–Crippen LogP) is 6.68. The molecule has 0 aliphatic carbocycles. The lowest BCUT2D eigenvalue weighted by atomic mass is 9.73. The number of ketones is 1. The number of ether oxygens (including phenoxy) is 1. The normalized spacial score (nSPS) is 24.3. The first kappa shape index (κ1) is 22.8. The van der Waals surface area contributed by atoms with Crippen molar-refractivity contribution in [3.05, 3.63) is 34.9 Å². The Kier molecular flexibility index (Phi) is 6.64. The largest absolute Gasteiger partial charge is 0.444 e. The highest BCUT2D eigenvalue weighted by molar-refractivity contribution is 6.01. The fourth-order valence-electron chi connectivity index (χ4n) is 5.25. The number of rotatable bonds is 4. The van der Waals surface area contributed by atoms with E-state index in [0.717, 1.165) is 48.8 Å². The zero-order valence-electron chi connectivity index (χ0n) is 19.8. The van der Waals surface area contributed by atoms with E-state index in [9.17, 15) is 9.59 Å². The van der Waals surface area contributed by atoms with Gasteiger partial charge in [-0.2, -0.15) is 0 Å². The van der Waals surface area contributed by atoms with Crippen LogP contribution in [0.3, 0.4) is 0 Å². The molecule has 2 unspecified atom stereocenters. The quantitative estimate of drug-likeness (QED) is 0.517. The van der Waals surface area contributed by atoms with Crippen molar-refractivity contribution in [1.29, 1.82) is 0 Å². The van der Waals surface area contributed by atoms with Crippen LogP contribution in [0, 0.1) is 5.92 Å². The average Bonchev–Trinajstić information content (AvgIpc) is 2.64. The summed E-state index contributed by atoms with van der Waals surface area (Å²) in [6, 6.07) is 6.52. The van der Waals surface area contributed by atoms with Crippen molar-refractivity contribution >= 4 is 11.9 Å². The van der Waals surface area contributed by atoms with E-state index in [4.69, 9.17) is 4.74 Å². The topological polar surface area (TPSA) is 46.6 Å². The van der Waals surface area contributed by atoms with Crippen molar-refractivity contribution in [2.24, 2.45) is 5.92 Å². The summed E-state index contributed by atoms with van der Waals surface area (Å²) in [5.41, 5.74) is 2.76. The van der Waals surface area contributed by atoms with E-state index >= 15 is 0 Å². The van der Waals surface area contributed by atoms with Gasteiger partial charge in [0.15, 0.2) is 5.78 Å². The van der Waals surface area contributed by atoms with Crippen LogP contribution in [0.5, 0.6) is 0 Å². The van der Waals surface area contributed by atoms with Crippen molar-refractivity contribution in [3.63, 3.8) is 0 Å². The molecule has 2 aliphatic heterocycles. The highest BCUT2D eigenvalue weighted by atomic mass is 16.6. The summed E-state index contributed by atoms with van der Waals surface area (Å²) in [5.74, 6) is 0.883. The van der Waals surface area contributed by atoms with Crippen LogP contribution in [-0.2, 0) is 4.74 Å². The van der Waals surface area contributed by atoms with Gasteiger partial charge in [0.25, 0.3) is 0 Å². The molecular formula is C26H39NO3. The maximum Gasteiger partial charge on any atom is 0.410 e. The minimum Gasteiger partial charge on any atom is -0.444 e. The van der Waals surface area contributed by atoms with E-state index in [-0.39, 0.29) is 29.9 Å². The molecule has 2 fully saturated rings. The van der Waals surface area contributed by atoms with Crippen molar-refractivity contribution < 1.29 is 14.3 Å². The Balaban J connectivity index is 1.88. The van der Waals surface area contributed by atoms with Crippen molar-refractivity contribution in [3.8, 4) is 0 Å². The molecule has 4 heteroatoms. The van der Waals surface area contributed by atoms with E-state index in [1.807, 2.05) is 25.7 Å². The van der Waals surface area contributed by atoms with Crippen LogP contribution in [-0.4, -0.2) is 34.5 Å². The average molecular weight is 414 g/mol. The first-order valence-electron chi connectivity index (χ1n) is 11.7. The van der Waals surface area contributed by atoms with Crippen molar-refractivity contribution in [2.45, 2.75) is 110 Å². The standard InChI is InChI=1S/C26H39NO3/c1-16(2)21-12-9-13-22(17(3)4)23(21)24(28)18-14-19-10-8-11-20(15-18)27(19)25(29)30-26(5,6)7/h9,12-13,16-20H,8,10-11,14-15H2,1-7H3. The number of carbonyl (C=O) groups excluding carboxylic acids is 2. The smallest absolute Gasteiger partial charge is 0.410 e. The number of Topliss-reactive ketones (excluding diaryl/α,β-unsaturated/α-hetero) is 1. The van der Waals surface area contributed by atoms with Crippen molar-refractivity contribution in [2.75, 3.05) is 0 Å². The summed E-state index contributed by atoms with van der Waals surface area (Å²) in [6.07, 6.45) is 4.32. The summed E-state index contributed by atoms with van der Waals surface area (Å²) in [6.45, 7) is 14.4. The molecule has 30 heavy (non-hydrogen) atoms. The summed E-state index contributed by atoms with van der Waals surface area (Å²) in [5, 5.41) is 0. The van der Waals surface area contributed by atoms with E-state index in [0.29, 0.717) is 11.8 Å². The fourth-order valence-corrected chi connectivity index (χ4v) is 5.25. The Morgan fingerprint density at radius 1 is 0.967 bits per heavy atom. The predicted molar refractivity (Wildman–Crippen MR) is 121 cm³/mol. The molecule has 3 rings (SSSR count). The molecule has 4 nitrogen and oxygen atoms in total. The first-order valence-corrected chi connectivity index (χ1v) is 11.7. The summed E-state index contributed by atoms with van der Waals surface area (Å²) in [4.78, 5) is 28.7. The fraction of sp³-hybridized carbons (Fsp3) is 0.692. The van der Waals surface area contributed by atoms with Crippen LogP contribution in [0.25, 0.3) is 0 Å². The third kappa shape index (κ3) is 4.73. The third-order valence-electron chi connectivity index (χ3n) is 6.57. The molecule has 1 aromatic carbocycles. The number of hydrogen-bond acceptors (Lipinski definition) is 3. The maximum absolute atomic E-state index is 13.9. The number of nitrogens with zero attached hydrogens (tertiary/aromatic N) is 1. The van der Waals surface area contributed by atoms with Crippen molar-refractivity contribution in [1.82, 2.24) is 4.90 Å². The molecule has 0 aromatic heterocycles. The van der Waals surface area contributed by atoms with Crippen LogP contribution in [0.1, 0.15) is 114 Å². The second-order valence-electron chi connectivity index (χ2n) is 10.8. The summed E-state index contributed by atoms with van der Waals surface area (Å²) in [7, 11) is 0. The molecule has 166 valence electrons. The minimum atomic E-state index is -0.500. The molecule has 2 aliphatic rings. The van der Waals surface area contributed by atoms with Crippen LogP contribution in [0.15, 0.2) is 18.2 Å². The Morgan fingerprint density at radius 2 is 1.47 bits per heavy atom. The van der Waals surface area contributed by atoms with Crippen LogP contribution < -0.4 is 0 Å². The highest BCUT2D eigenvalue weighted by Crippen LogP contribution is 2.41. The number of hydrogen-bond donors (Lipinski definition) is 0. The van der Waals surface area contributed by atoms with E-state index in [1.165, 1.54) is 0 Å². The van der Waals surface area contributed by atoms with Gasteiger partial charge >= 0.3 is 6.09 Å². The molecule has 0 spiro atoms. The monoisotopic (exact) mass is 413 g/mol. The van der Waals surface area contributed by atoms with E-state index in [1.54, 1.807) is 0 Å². The third-order valence-corrected chi connectivity index (χ3v) is 6.57. The SMILES string of the molecule is CC(C)c1cccc(C(C)C)c1C(=O)C1CC2CCCC(C1)N2C(=O)OC(C)(C)C. The van der Waals surface area contributed by atoms with E-state index < -0.39 is 5.60 Å². The van der Waals surface area contributed by atoms with Gasteiger partial charge in [0.05, 0.1) is 0 Å². The van der Waals surface area contributed by atoms with Gasteiger partial charge in [-0.05, 0) is 75.8 Å². The molecule has 0 saturated carbocycles. The Bertz CT molecular complexity index is 750. The van der Waals surface area contributed by atoms with Crippen LogP contribution >= 0.6 is 0 Å². The molecule has 0 radical (unpaired) electrons. The first-order chi connectivity index (χ1) is 14.0. The van der Waals surface area contributed by atoms with Crippen LogP contribution in [0.2, 0.25) is 0 Å². The lowest BCUT2D eigenvalue weighted by Gasteiger charge is -2.48. The number of benzene rings is 1. The van der Waals surface area contributed by atoms with Gasteiger partial charge in [0.2, 0.25) is 0 Å². The number of amides is 1. The molecule has 0 N–H and O–H groups in total. The van der Waals surface area contributed by atoms with Crippen LogP contribution in [0.4, 0.5) is 4.79 Å². The zero-order chi connectivity index (χ0) is 22.2. The molecular weight excluding hydrogens is 374 g/mol. The second kappa shape index (κ2) is 8.72. The summed E-state index contributed by atoms with van der Waals surface area (Å²) < 4.78 is 5.70. The second-order valence-corrected chi connectivity index (χ2v) is 10.8. The Morgan fingerprint density at radius 3 is 1.90 bits per heavy atom. The highest BCUT2D eigenvalue weighted by Gasteiger charge is 2.45.